The molecule has 7 nitrogen and oxygen atoms in total. The van der Waals surface area contributed by atoms with Gasteiger partial charge in [0.25, 0.3) is 0 Å². The lowest BCUT2D eigenvalue weighted by molar-refractivity contribution is -0.128. The highest BCUT2D eigenvalue weighted by molar-refractivity contribution is 7.89. The van der Waals surface area contributed by atoms with E-state index in [2.05, 4.69) is 5.32 Å². The Bertz CT molecular complexity index is 1020. The highest BCUT2D eigenvalue weighted by Gasteiger charge is 2.39. The molecular weight excluding hydrogens is 402 g/mol. The van der Waals surface area contributed by atoms with Crippen molar-refractivity contribution in [3.8, 4) is 0 Å². The molecule has 2 amide bonds. The normalized spacial score (nSPS) is 17.0. The number of likely N-dealkylation sites (N-methyl/N-ethyl adjacent to an activating group) is 1. The van der Waals surface area contributed by atoms with Crippen molar-refractivity contribution in [1.82, 2.24) is 9.21 Å². The van der Waals surface area contributed by atoms with Gasteiger partial charge in [-0.3, -0.25) is 9.59 Å². The monoisotopic (exact) mass is 429 g/mol. The van der Waals surface area contributed by atoms with E-state index >= 15 is 0 Å². The van der Waals surface area contributed by atoms with E-state index in [0.717, 1.165) is 11.1 Å². The molecule has 2 aromatic carbocycles. The van der Waals surface area contributed by atoms with E-state index in [4.69, 9.17) is 0 Å². The number of benzene rings is 2. The molecule has 160 valence electrons. The maximum Gasteiger partial charge on any atom is 0.243 e. The van der Waals surface area contributed by atoms with Crippen LogP contribution < -0.4 is 5.32 Å². The van der Waals surface area contributed by atoms with Crippen LogP contribution in [0.2, 0.25) is 0 Å². The summed E-state index contributed by atoms with van der Waals surface area (Å²) < 4.78 is 27.3. The SMILES string of the molecule is Cc1ccc(S(=O)(=O)N2CCC[C@H]2C(=O)Nc2ccc(CC(=O)N(C)C)cc2)cc1. The van der Waals surface area contributed by atoms with E-state index in [-0.39, 0.29) is 23.1 Å². The molecule has 0 bridgehead atoms. The topological polar surface area (TPSA) is 86.8 Å². The van der Waals surface area contributed by atoms with Crippen molar-refractivity contribution in [1.29, 1.82) is 0 Å². The molecular formula is C22H27N3O4S. The molecule has 3 rings (SSSR count). The number of nitrogens with zero attached hydrogens (tertiary/aromatic N) is 2. The number of aryl methyl sites for hydroxylation is 1. The molecule has 1 heterocycles. The molecule has 0 spiro atoms. The minimum atomic E-state index is -3.74. The van der Waals surface area contributed by atoms with Crippen molar-refractivity contribution in [2.45, 2.75) is 37.1 Å². The lowest BCUT2D eigenvalue weighted by Gasteiger charge is -2.23. The van der Waals surface area contributed by atoms with Crippen LogP contribution in [0.3, 0.4) is 0 Å². The Morgan fingerprint density at radius 2 is 1.70 bits per heavy atom. The Balaban J connectivity index is 1.70. The molecule has 0 unspecified atom stereocenters. The summed E-state index contributed by atoms with van der Waals surface area (Å²) in [5.74, 6) is -0.352. The molecule has 1 saturated heterocycles. The fraction of sp³-hybridized carbons (Fsp3) is 0.364. The van der Waals surface area contributed by atoms with Crippen molar-refractivity contribution >= 4 is 27.5 Å². The van der Waals surface area contributed by atoms with E-state index < -0.39 is 16.1 Å². The molecule has 30 heavy (non-hydrogen) atoms. The smallest absolute Gasteiger partial charge is 0.243 e. The molecule has 0 aliphatic carbocycles. The summed E-state index contributed by atoms with van der Waals surface area (Å²) in [4.78, 5) is 26.4. The number of hydrogen-bond acceptors (Lipinski definition) is 4. The summed E-state index contributed by atoms with van der Waals surface area (Å²) in [7, 11) is -0.333. The maximum absolute atomic E-state index is 13.0. The molecule has 0 aromatic heterocycles. The van der Waals surface area contributed by atoms with Gasteiger partial charge in [-0.15, -0.1) is 0 Å². The Morgan fingerprint density at radius 1 is 1.07 bits per heavy atom. The first-order valence-electron chi connectivity index (χ1n) is 9.87. The van der Waals surface area contributed by atoms with Gasteiger partial charge >= 0.3 is 0 Å². The van der Waals surface area contributed by atoms with Gasteiger partial charge in [-0.05, 0) is 49.6 Å². The summed E-state index contributed by atoms with van der Waals surface area (Å²) in [6, 6.07) is 12.9. The standard InChI is InChI=1S/C22H27N3O4S/c1-16-6-12-19(13-7-16)30(28,29)25-14-4-5-20(25)22(27)23-18-10-8-17(9-11-18)15-21(26)24(2)3/h6-13,20H,4-5,14-15H2,1-3H3,(H,23,27)/t20-/m0/s1. The van der Waals surface area contributed by atoms with Crippen LogP contribution in [0.5, 0.6) is 0 Å². The third-order valence-corrected chi connectivity index (χ3v) is 7.13. The van der Waals surface area contributed by atoms with Crippen LogP contribution in [-0.4, -0.2) is 56.1 Å². The largest absolute Gasteiger partial charge is 0.349 e. The van der Waals surface area contributed by atoms with Gasteiger partial charge in [0.1, 0.15) is 6.04 Å². The average molecular weight is 430 g/mol. The number of sulfonamides is 1. The molecule has 2 aromatic rings. The summed E-state index contributed by atoms with van der Waals surface area (Å²) >= 11 is 0. The highest BCUT2D eigenvalue weighted by Crippen LogP contribution is 2.27. The lowest BCUT2D eigenvalue weighted by atomic mass is 10.1. The van der Waals surface area contributed by atoms with E-state index in [0.29, 0.717) is 25.1 Å². The predicted molar refractivity (Wildman–Crippen MR) is 116 cm³/mol. The maximum atomic E-state index is 13.0. The molecule has 8 heteroatoms. The first-order chi connectivity index (χ1) is 14.2. The summed E-state index contributed by atoms with van der Waals surface area (Å²) in [5.41, 5.74) is 2.39. The Morgan fingerprint density at radius 3 is 2.30 bits per heavy atom. The quantitative estimate of drug-likeness (QED) is 0.764. The van der Waals surface area contributed by atoms with Gasteiger partial charge < -0.3 is 10.2 Å². The van der Waals surface area contributed by atoms with Gasteiger partial charge in [0.2, 0.25) is 21.8 Å². The molecule has 0 radical (unpaired) electrons. The van der Waals surface area contributed by atoms with Crippen LogP contribution >= 0.6 is 0 Å². The number of amides is 2. The lowest BCUT2D eigenvalue weighted by Crippen LogP contribution is -2.43. The van der Waals surface area contributed by atoms with Crippen LogP contribution in [0.1, 0.15) is 24.0 Å². The third kappa shape index (κ3) is 4.88. The molecule has 1 atom stereocenters. The van der Waals surface area contributed by atoms with Crippen LogP contribution in [0, 0.1) is 6.92 Å². The summed E-state index contributed by atoms with van der Waals surface area (Å²) in [6.45, 7) is 2.21. The van der Waals surface area contributed by atoms with Gasteiger partial charge in [-0.25, -0.2) is 8.42 Å². The number of rotatable bonds is 6. The van der Waals surface area contributed by atoms with Gasteiger partial charge in [0.15, 0.2) is 0 Å². The summed E-state index contributed by atoms with van der Waals surface area (Å²) in [6.07, 6.45) is 1.40. The van der Waals surface area contributed by atoms with E-state index in [9.17, 15) is 18.0 Å². The zero-order valence-electron chi connectivity index (χ0n) is 17.5. The van der Waals surface area contributed by atoms with Crippen molar-refractivity contribution in [2.75, 3.05) is 26.0 Å². The van der Waals surface area contributed by atoms with Crippen molar-refractivity contribution in [2.24, 2.45) is 0 Å². The van der Waals surface area contributed by atoms with Gasteiger partial charge in [-0.2, -0.15) is 4.31 Å². The second-order valence-electron chi connectivity index (χ2n) is 7.74. The zero-order chi connectivity index (χ0) is 21.9. The van der Waals surface area contributed by atoms with Crippen LogP contribution in [-0.2, 0) is 26.0 Å². The number of anilines is 1. The van der Waals surface area contributed by atoms with Gasteiger partial charge in [-0.1, -0.05) is 29.8 Å². The third-order valence-electron chi connectivity index (χ3n) is 5.21. The molecule has 1 fully saturated rings. The van der Waals surface area contributed by atoms with Crippen molar-refractivity contribution in [3.05, 3.63) is 59.7 Å². The van der Waals surface area contributed by atoms with E-state index in [1.54, 1.807) is 62.6 Å². The van der Waals surface area contributed by atoms with Crippen molar-refractivity contribution < 1.29 is 18.0 Å². The first-order valence-corrected chi connectivity index (χ1v) is 11.3. The fourth-order valence-corrected chi connectivity index (χ4v) is 5.06. The number of carbonyl (C=O) groups excluding carboxylic acids is 2. The van der Waals surface area contributed by atoms with Crippen LogP contribution in [0.15, 0.2) is 53.4 Å². The van der Waals surface area contributed by atoms with Gasteiger partial charge in [0, 0.05) is 26.3 Å². The molecule has 1 aliphatic heterocycles. The molecule has 1 aliphatic rings. The molecule has 1 N–H and O–H groups in total. The Hall–Kier alpha value is -2.71. The summed E-state index contributed by atoms with van der Waals surface area (Å²) in [5, 5.41) is 2.81. The molecule has 0 saturated carbocycles. The predicted octanol–water partition coefficient (Wildman–Crippen LogP) is 2.42. The van der Waals surface area contributed by atoms with E-state index in [1.807, 2.05) is 6.92 Å². The zero-order valence-corrected chi connectivity index (χ0v) is 18.3. The first kappa shape index (κ1) is 22.0. The minimum absolute atomic E-state index is 0.00491. The Kier molecular flexibility index (Phi) is 6.58. The second-order valence-corrected chi connectivity index (χ2v) is 9.63. The average Bonchev–Trinajstić information content (AvgIpc) is 3.21. The Labute approximate surface area is 177 Å². The number of nitrogens with one attached hydrogen (secondary N) is 1. The number of carbonyl (C=O) groups is 2. The van der Waals surface area contributed by atoms with E-state index in [1.165, 1.54) is 9.21 Å². The highest BCUT2D eigenvalue weighted by atomic mass is 32.2. The van der Waals surface area contributed by atoms with Crippen LogP contribution in [0.25, 0.3) is 0 Å². The second kappa shape index (κ2) is 8.97. The van der Waals surface area contributed by atoms with Crippen molar-refractivity contribution in [3.63, 3.8) is 0 Å². The van der Waals surface area contributed by atoms with Gasteiger partial charge in [0.05, 0.1) is 11.3 Å². The minimum Gasteiger partial charge on any atom is -0.349 e. The number of hydrogen-bond donors (Lipinski definition) is 1. The van der Waals surface area contributed by atoms with Crippen LogP contribution in [0.4, 0.5) is 5.69 Å². The fourth-order valence-electron chi connectivity index (χ4n) is 3.40.